The summed E-state index contributed by atoms with van der Waals surface area (Å²) in [5.74, 6) is -0.192. The molecule has 0 saturated heterocycles. The number of nitrogens with one attached hydrogen (secondary N) is 1. The van der Waals surface area contributed by atoms with Crippen molar-refractivity contribution in [1.82, 2.24) is 4.57 Å². The van der Waals surface area contributed by atoms with Crippen LogP contribution in [0.15, 0.2) is 39.4 Å². The fraction of sp³-hybridized carbons (Fsp3) is 0.214. The van der Waals surface area contributed by atoms with Gasteiger partial charge in [-0.3, -0.25) is 4.79 Å². The van der Waals surface area contributed by atoms with E-state index in [-0.39, 0.29) is 11.9 Å². The second kappa shape index (κ2) is 6.01. The molecule has 106 valence electrons. The molecule has 0 aliphatic heterocycles. The van der Waals surface area contributed by atoms with Crippen molar-refractivity contribution in [3.05, 3.63) is 45.1 Å². The molecule has 0 atom stereocenters. The van der Waals surface area contributed by atoms with E-state index >= 15 is 0 Å². The van der Waals surface area contributed by atoms with Crippen LogP contribution in [0.4, 0.5) is 11.4 Å². The highest BCUT2D eigenvalue weighted by atomic mass is 79.9. The Morgan fingerprint density at radius 2 is 1.90 bits per heavy atom. The molecule has 0 aliphatic carbocycles. The monoisotopic (exact) mass is 399 g/mol. The van der Waals surface area contributed by atoms with Gasteiger partial charge in [0, 0.05) is 21.2 Å². The van der Waals surface area contributed by atoms with Gasteiger partial charge >= 0.3 is 0 Å². The molecule has 2 rings (SSSR count). The fourth-order valence-electron chi connectivity index (χ4n) is 1.90. The highest BCUT2D eigenvalue weighted by Crippen LogP contribution is 2.31. The summed E-state index contributed by atoms with van der Waals surface area (Å²) in [5, 5.41) is 2.89. The van der Waals surface area contributed by atoms with Crippen molar-refractivity contribution >= 4 is 49.1 Å². The minimum absolute atomic E-state index is 0.163. The molecule has 1 aromatic carbocycles. The molecule has 0 aliphatic rings. The smallest absolute Gasteiger partial charge is 0.272 e. The van der Waals surface area contributed by atoms with Crippen molar-refractivity contribution in [3.8, 4) is 0 Å². The number of nitrogens with zero attached hydrogens (tertiary/aromatic N) is 1. The highest BCUT2D eigenvalue weighted by Gasteiger charge is 2.17. The Kier molecular flexibility index (Phi) is 4.55. The van der Waals surface area contributed by atoms with Crippen molar-refractivity contribution in [3.63, 3.8) is 0 Å². The molecule has 1 amide bonds. The number of hydrogen-bond donors (Lipinski definition) is 2. The largest absolute Gasteiger partial charge is 0.397 e. The number of amides is 1. The zero-order valence-electron chi connectivity index (χ0n) is 11.2. The molecular weight excluding hydrogens is 386 g/mol. The van der Waals surface area contributed by atoms with Gasteiger partial charge in [0.15, 0.2) is 0 Å². The quantitative estimate of drug-likeness (QED) is 0.800. The van der Waals surface area contributed by atoms with Crippen molar-refractivity contribution in [2.45, 2.75) is 19.9 Å². The molecule has 0 bridgehead atoms. The maximum Gasteiger partial charge on any atom is 0.272 e. The molecule has 0 fully saturated rings. The first kappa shape index (κ1) is 15.1. The number of carbonyl (C=O) groups excluding carboxylic acids is 1. The van der Waals surface area contributed by atoms with E-state index in [0.717, 1.165) is 8.95 Å². The molecule has 0 unspecified atom stereocenters. The van der Waals surface area contributed by atoms with Crippen LogP contribution in [-0.2, 0) is 0 Å². The van der Waals surface area contributed by atoms with Gasteiger partial charge in [-0.15, -0.1) is 0 Å². The molecule has 1 heterocycles. The number of anilines is 2. The number of carbonyl (C=O) groups is 1. The molecule has 3 N–H and O–H groups in total. The first-order chi connectivity index (χ1) is 9.40. The number of aromatic nitrogens is 1. The Labute approximate surface area is 134 Å². The van der Waals surface area contributed by atoms with Crippen molar-refractivity contribution in [2.24, 2.45) is 0 Å². The minimum Gasteiger partial charge on any atom is -0.397 e. The zero-order valence-corrected chi connectivity index (χ0v) is 14.3. The van der Waals surface area contributed by atoms with Crippen LogP contribution in [0, 0.1) is 0 Å². The predicted octanol–water partition coefficient (Wildman–Crippen LogP) is 4.43. The SMILES string of the molecule is CC(C)n1cc(N)cc1C(=O)Nc1c(Br)cccc1Br. The number of halogens is 2. The van der Waals surface area contributed by atoms with Gasteiger partial charge in [-0.05, 0) is 63.9 Å². The summed E-state index contributed by atoms with van der Waals surface area (Å²) in [5.41, 5.74) is 7.61. The number of rotatable bonds is 3. The van der Waals surface area contributed by atoms with E-state index < -0.39 is 0 Å². The van der Waals surface area contributed by atoms with Gasteiger partial charge in [-0.1, -0.05) is 6.07 Å². The Hall–Kier alpha value is -1.27. The van der Waals surface area contributed by atoms with Crippen LogP contribution in [0.1, 0.15) is 30.4 Å². The third-order valence-electron chi connectivity index (χ3n) is 2.86. The Balaban J connectivity index is 2.34. The van der Waals surface area contributed by atoms with Gasteiger partial charge in [-0.2, -0.15) is 0 Å². The number of para-hydroxylation sites is 1. The lowest BCUT2D eigenvalue weighted by molar-refractivity contribution is 0.101. The van der Waals surface area contributed by atoms with E-state index in [1.165, 1.54) is 0 Å². The van der Waals surface area contributed by atoms with Gasteiger partial charge in [0.25, 0.3) is 5.91 Å². The average molecular weight is 401 g/mol. The molecule has 4 nitrogen and oxygen atoms in total. The third kappa shape index (κ3) is 3.07. The predicted molar refractivity (Wildman–Crippen MR) is 89.0 cm³/mol. The summed E-state index contributed by atoms with van der Waals surface area (Å²) < 4.78 is 3.49. The van der Waals surface area contributed by atoms with Crippen LogP contribution in [0.5, 0.6) is 0 Å². The lowest BCUT2D eigenvalue weighted by Gasteiger charge is -2.14. The molecule has 0 saturated carbocycles. The summed E-state index contributed by atoms with van der Waals surface area (Å²) in [6.45, 7) is 4.01. The summed E-state index contributed by atoms with van der Waals surface area (Å²) in [7, 11) is 0. The van der Waals surface area contributed by atoms with E-state index in [1.807, 2.05) is 36.6 Å². The second-order valence-electron chi connectivity index (χ2n) is 4.71. The second-order valence-corrected chi connectivity index (χ2v) is 6.42. The summed E-state index contributed by atoms with van der Waals surface area (Å²) >= 11 is 6.85. The molecule has 0 radical (unpaired) electrons. The van der Waals surface area contributed by atoms with Gasteiger partial charge < -0.3 is 15.6 Å². The minimum atomic E-state index is -0.192. The number of hydrogen-bond acceptors (Lipinski definition) is 2. The van der Waals surface area contributed by atoms with E-state index in [4.69, 9.17) is 5.73 Å². The standard InChI is InChI=1S/C14H15Br2N3O/c1-8(2)19-7-9(17)6-12(19)14(20)18-13-10(15)4-3-5-11(13)16/h3-8H,17H2,1-2H3,(H,18,20). The van der Waals surface area contributed by atoms with Crippen LogP contribution in [0.25, 0.3) is 0 Å². The maximum absolute atomic E-state index is 12.4. The van der Waals surface area contributed by atoms with Crippen molar-refractivity contribution in [1.29, 1.82) is 0 Å². The topological polar surface area (TPSA) is 60.0 Å². The van der Waals surface area contributed by atoms with Gasteiger partial charge in [0.2, 0.25) is 0 Å². The fourth-order valence-corrected chi connectivity index (χ4v) is 3.10. The first-order valence-corrected chi connectivity index (χ1v) is 7.71. The molecule has 2 aromatic rings. The van der Waals surface area contributed by atoms with Crippen LogP contribution >= 0.6 is 31.9 Å². The Bertz CT molecular complexity index is 630. The van der Waals surface area contributed by atoms with E-state index in [9.17, 15) is 4.79 Å². The van der Waals surface area contributed by atoms with Gasteiger partial charge in [-0.25, -0.2) is 0 Å². The average Bonchev–Trinajstić information content (AvgIpc) is 2.76. The summed E-state index contributed by atoms with van der Waals surface area (Å²) in [6.07, 6.45) is 1.77. The lowest BCUT2D eigenvalue weighted by atomic mass is 10.3. The van der Waals surface area contributed by atoms with Crippen molar-refractivity contribution in [2.75, 3.05) is 11.1 Å². The number of benzene rings is 1. The van der Waals surface area contributed by atoms with E-state index in [2.05, 4.69) is 37.2 Å². The van der Waals surface area contributed by atoms with Crippen LogP contribution in [0.2, 0.25) is 0 Å². The summed E-state index contributed by atoms with van der Waals surface area (Å²) in [4.78, 5) is 12.4. The van der Waals surface area contributed by atoms with E-state index in [1.54, 1.807) is 12.3 Å². The molecule has 1 aromatic heterocycles. The first-order valence-electron chi connectivity index (χ1n) is 6.13. The molecule has 6 heteroatoms. The van der Waals surface area contributed by atoms with Gasteiger partial charge in [0.05, 0.1) is 11.4 Å². The Morgan fingerprint density at radius 3 is 2.45 bits per heavy atom. The Morgan fingerprint density at radius 1 is 1.30 bits per heavy atom. The van der Waals surface area contributed by atoms with Gasteiger partial charge in [0.1, 0.15) is 5.69 Å². The normalized spacial score (nSPS) is 10.8. The van der Waals surface area contributed by atoms with Crippen LogP contribution in [0.3, 0.4) is 0 Å². The molecule has 20 heavy (non-hydrogen) atoms. The lowest BCUT2D eigenvalue weighted by Crippen LogP contribution is -2.18. The highest BCUT2D eigenvalue weighted by molar-refractivity contribution is 9.11. The van der Waals surface area contributed by atoms with Crippen LogP contribution in [-0.4, -0.2) is 10.5 Å². The number of nitrogens with two attached hydrogens (primary N) is 1. The maximum atomic E-state index is 12.4. The third-order valence-corrected chi connectivity index (χ3v) is 4.18. The van der Waals surface area contributed by atoms with Crippen LogP contribution < -0.4 is 11.1 Å². The van der Waals surface area contributed by atoms with E-state index in [0.29, 0.717) is 17.1 Å². The number of nitrogen functional groups attached to an aromatic ring is 1. The molecular formula is C14H15Br2N3O. The zero-order chi connectivity index (χ0) is 14.9. The summed E-state index contributed by atoms with van der Waals surface area (Å²) in [6, 6.07) is 7.47. The van der Waals surface area contributed by atoms with Crippen molar-refractivity contribution < 1.29 is 4.79 Å². The molecule has 0 spiro atoms.